The van der Waals surface area contributed by atoms with Crippen LogP contribution in [0.25, 0.3) is 22.2 Å². The largest absolute Gasteiger partial charge is 0.455 e. The molecule has 3 nitrogen and oxygen atoms in total. The Morgan fingerprint density at radius 1 is 0.778 bits per heavy atom. The van der Waals surface area contributed by atoms with Crippen molar-refractivity contribution in [2.75, 3.05) is 0 Å². The monoisotopic (exact) mass is 351 g/mol. The van der Waals surface area contributed by atoms with Gasteiger partial charge in [-0.15, -0.1) is 0 Å². The van der Waals surface area contributed by atoms with Gasteiger partial charge in [0, 0.05) is 29.6 Å². The molecule has 0 bridgehead atoms. The van der Waals surface area contributed by atoms with Crippen molar-refractivity contribution in [1.82, 2.24) is 4.57 Å². The molecule has 5 rings (SSSR count). The van der Waals surface area contributed by atoms with Gasteiger partial charge in [0.15, 0.2) is 0 Å². The molecule has 3 aromatic carbocycles. The van der Waals surface area contributed by atoms with E-state index in [1.54, 1.807) is 17.7 Å². The molecule has 0 fully saturated rings. The van der Waals surface area contributed by atoms with Crippen LogP contribution < -0.4 is 10.3 Å². The third-order valence-electron chi connectivity index (χ3n) is 5.04. The van der Waals surface area contributed by atoms with Gasteiger partial charge in [0.1, 0.15) is 11.5 Å². The van der Waals surface area contributed by atoms with Crippen LogP contribution in [0.3, 0.4) is 0 Å². The second-order valence-corrected chi connectivity index (χ2v) is 6.64. The van der Waals surface area contributed by atoms with Crippen LogP contribution in [0.4, 0.5) is 0 Å². The maximum absolute atomic E-state index is 12.4. The van der Waals surface area contributed by atoms with Crippen LogP contribution in [0.2, 0.25) is 0 Å². The minimum atomic E-state index is -0.0785. The van der Waals surface area contributed by atoms with E-state index in [0.29, 0.717) is 5.75 Å². The van der Waals surface area contributed by atoms with Crippen LogP contribution in [-0.4, -0.2) is 4.57 Å². The Balaban J connectivity index is 1.92. The first-order valence-corrected chi connectivity index (χ1v) is 8.90. The van der Waals surface area contributed by atoms with Gasteiger partial charge in [0.2, 0.25) is 0 Å². The molecule has 0 atom stereocenters. The number of hydrogen-bond donors (Lipinski definition) is 0. The second-order valence-electron chi connectivity index (χ2n) is 6.64. The van der Waals surface area contributed by atoms with E-state index in [1.165, 1.54) is 0 Å². The Labute approximate surface area is 156 Å². The summed E-state index contributed by atoms with van der Waals surface area (Å²) in [6, 6.07) is 27.9. The van der Waals surface area contributed by atoms with Crippen LogP contribution in [0.5, 0.6) is 5.75 Å². The van der Waals surface area contributed by atoms with Gasteiger partial charge in [-0.1, -0.05) is 72.8 Å². The molecule has 0 saturated heterocycles. The van der Waals surface area contributed by atoms with Crippen LogP contribution in [0.1, 0.15) is 16.7 Å². The minimum Gasteiger partial charge on any atom is -0.455 e. The van der Waals surface area contributed by atoms with Crippen molar-refractivity contribution in [2.24, 2.45) is 7.05 Å². The standard InChI is InChI=1S/C24H17NO2/c1-25-19-14-8-13-18-22(16-9-4-2-5-10-16)24(17-11-6-3-7-12-17)27-20(23(18)19)15-21(25)26/h2-15H,1H3. The maximum atomic E-state index is 12.4. The average Bonchev–Trinajstić information content (AvgIpc) is 2.73. The van der Waals surface area contributed by atoms with Crippen LogP contribution in [-0.2, 0) is 7.05 Å². The highest BCUT2D eigenvalue weighted by Gasteiger charge is 2.26. The number of benzene rings is 3. The van der Waals surface area contributed by atoms with E-state index in [-0.39, 0.29) is 5.56 Å². The van der Waals surface area contributed by atoms with Crippen LogP contribution in [0.15, 0.2) is 89.7 Å². The summed E-state index contributed by atoms with van der Waals surface area (Å²) in [5.74, 6) is 1.39. The van der Waals surface area contributed by atoms with E-state index in [9.17, 15) is 4.79 Å². The number of rotatable bonds is 2. The van der Waals surface area contributed by atoms with E-state index in [1.807, 2.05) is 60.7 Å². The van der Waals surface area contributed by atoms with Crippen molar-refractivity contribution in [3.05, 3.63) is 112 Å². The van der Waals surface area contributed by atoms with Gasteiger partial charge in [-0.3, -0.25) is 4.79 Å². The lowest BCUT2D eigenvalue weighted by molar-refractivity contribution is 0.517. The molecule has 0 unspecified atom stereocenters. The molecular formula is C24H17NO2. The highest BCUT2D eigenvalue weighted by Crippen LogP contribution is 2.44. The van der Waals surface area contributed by atoms with Crippen molar-refractivity contribution >= 4 is 22.2 Å². The highest BCUT2D eigenvalue weighted by atomic mass is 16.5. The zero-order chi connectivity index (χ0) is 18.4. The number of aryl methyl sites for hydroxylation is 1. The molecule has 3 heteroatoms. The Hall–Kier alpha value is -3.59. The van der Waals surface area contributed by atoms with Crippen molar-refractivity contribution in [2.45, 2.75) is 0 Å². The van der Waals surface area contributed by atoms with Crippen molar-refractivity contribution in [3.8, 4) is 5.75 Å². The summed E-state index contributed by atoms with van der Waals surface area (Å²) < 4.78 is 8.03. The van der Waals surface area contributed by atoms with Gasteiger partial charge in [-0.25, -0.2) is 0 Å². The van der Waals surface area contributed by atoms with Crippen molar-refractivity contribution < 1.29 is 4.74 Å². The average molecular weight is 351 g/mol. The Kier molecular flexibility index (Phi) is 3.47. The van der Waals surface area contributed by atoms with Gasteiger partial charge in [0.05, 0.1) is 5.52 Å². The van der Waals surface area contributed by atoms with Crippen molar-refractivity contribution in [1.29, 1.82) is 0 Å². The predicted molar refractivity (Wildman–Crippen MR) is 109 cm³/mol. The maximum Gasteiger partial charge on any atom is 0.254 e. The quantitative estimate of drug-likeness (QED) is 0.517. The molecule has 0 amide bonds. The molecule has 1 aliphatic heterocycles. The van der Waals surface area contributed by atoms with Gasteiger partial charge < -0.3 is 9.30 Å². The van der Waals surface area contributed by atoms with E-state index in [0.717, 1.165) is 38.9 Å². The fourth-order valence-corrected chi connectivity index (χ4v) is 3.73. The minimum absolute atomic E-state index is 0.0785. The lowest BCUT2D eigenvalue weighted by Gasteiger charge is -2.25. The molecule has 1 aromatic heterocycles. The first-order chi connectivity index (χ1) is 13.2. The summed E-state index contributed by atoms with van der Waals surface area (Å²) >= 11 is 0. The molecule has 4 aromatic rings. The highest BCUT2D eigenvalue weighted by molar-refractivity contribution is 6.09. The smallest absolute Gasteiger partial charge is 0.254 e. The van der Waals surface area contributed by atoms with Gasteiger partial charge >= 0.3 is 0 Å². The Morgan fingerprint density at radius 2 is 1.44 bits per heavy atom. The molecule has 130 valence electrons. The SMILES string of the molecule is Cn1c(=O)cc2c3c(cccc31)C(c1ccccc1)=C(c1ccccc1)O2. The third kappa shape index (κ3) is 2.40. The number of pyridine rings is 1. The van der Waals surface area contributed by atoms with E-state index < -0.39 is 0 Å². The molecule has 0 radical (unpaired) electrons. The summed E-state index contributed by atoms with van der Waals surface area (Å²) in [4.78, 5) is 12.4. The molecule has 1 aliphatic rings. The number of ether oxygens (including phenoxy) is 1. The Bertz CT molecular complexity index is 1250. The second kappa shape index (κ2) is 5.99. The van der Waals surface area contributed by atoms with E-state index >= 15 is 0 Å². The van der Waals surface area contributed by atoms with E-state index in [4.69, 9.17) is 4.74 Å². The Morgan fingerprint density at radius 3 is 2.15 bits per heavy atom. The van der Waals surface area contributed by atoms with Gasteiger partial charge in [0.25, 0.3) is 5.56 Å². The molecule has 0 spiro atoms. The number of hydrogen-bond acceptors (Lipinski definition) is 2. The lowest BCUT2D eigenvalue weighted by atomic mass is 9.89. The topological polar surface area (TPSA) is 31.2 Å². The van der Waals surface area contributed by atoms with Crippen LogP contribution in [0, 0.1) is 0 Å². The zero-order valence-corrected chi connectivity index (χ0v) is 14.8. The summed E-state index contributed by atoms with van der Waals surface area (Å²) in [6.45, 7) is 0. The molecule has 27 heavy (non-hydrogen) atoms. The molecular weight excluding hydrogens is 334 g/mol. The molecule has 2 heterocycles. The van der Waals surface area contributed by atoms with Gasteiger partial charge in [-0.2, -0.15) is 0 Å². The number of nitrogens with zero attached hydrogens (tertiary/aromatic N) is 1. The number of aromatic nitrogens is 1. The van der Waals surface area contributed by atoms with E-state index in [2.05, 4.69) is 18.2 Å². The lowest BCUT2D eigenvalue weighted by Crippen LogP contribution is -2.19. The molecule has 0 aliphatic carbocycles. The van der Waals surface area contributed by atoms with Crippen LogP contribution >= 0.6 is 0 Å². The first kappa shape index (κ1) is 15.6. The van der Waals surface area contributed by atoms with Gasteiger partial charge in [-0.05, 0) is 17.2 Å². The predicted octanol–water partition coefficient (Wildman–Crippen LogP) is 4.85. The normalized spacial score (nSPS) is 12.9. The first-order valence-electron chi connectivity index (χ1n) is 8.90. The summed E-state index contributed by atoms with van der Waals surface area (Å²) in [5.41, 5.74) is 4.98. The fourth-order valence-electron chi connectivity index (χ4n) is 3.73. The third-order valence-corrected chi connectivity index (χ3v) is 5.04. The summed E-state index contributed by atoms with van der Waals surface area (Å²) in [7, 11) is 1.80. The zero-order valence-electron chi connectivity index (χ0n) is 14.8. The molecule has 0 N–H and O–H groups in total. The summed E-state index contributed by atoms with van der Waals surface area (Å²) in [6.07, 6.45) is 0. The fraction of sp³-hybridized carbons (Fsp3) is 0.0417. The summed E-state index contributed by atoms with van der Waals surface area (Å²) in [5, 5.41) is 0.970. The molecule has 0 saturated carbocycles. The van der Waals surface area contributed by atoms with Crippen molar-refractivity contribution in [3.63, 3.8) is 0 Å².